The molecule has 40 heavy (non-hydrogen) atoms. The van der Waals surface area contributed by atoms with Crippen molar-refractivity contribution in [2.24, 2.45) is 0 Å². The number of benzene rings is 4. The Labute approximate surface area is 228 Å². The Kier molecular flexibility index (Phi) is 7.42. The van der Waals surface area contributed by atoms with Crippen LogP contribution in [0.25, 0.3) is 22.0 Å². The topological polar surface area (TPSA) is 68.7 Å². The molecule has 1 N–H and O–H groups in total. The van der Waals surface area contributed by atoms with Crippen molar-refractivity contribution in [2.75, 3.05) is 7.11 Å². The van der Waals surface area contributed by atoms with E-state index in [4.69, 9.17) is 9.47 Å². The fourth-order valence-electron chi connectivity index (χ4n) is 4.68. The highest BCUT2D eigenvalue weighted by atomic mass is 19.4. The fourth-order valence-corrected chi connectivity index (χ4v) is 4.68. The summed E-state index contributed by atoms with van der Waals surface area (Å²) in [5, 5.41) is 9.64. The molecule has 0 aliphatic rings. The Morgan fingerprint density at radius 3 is 2.35 bits per heavy atom. The summed E-state index contributed by atoms with van der Waals surface area (Å²) < 4.78 is 52.8. The SMILES string of the molecule is COc1cc(C(=O)O)ccc1OCc1cccc(-c2c(Cc3ccccc3)cnc3c(C(F)(F)F)cccc23)c1. The molecule has 5 aromatic rings. The number of carboxylic acids is 1. The van der Waals surface area contributed by atoms with Crippen molar-refractivity contribution in [1.29, 1.82) is 0 Å². The molecule has 1 aromatic heterocycles. The first-order valence-corrected chi connectivity index (χ1v) is 12.4. The molecule has 0 bridgehead atoms. The monoisotopic (exact) mass is 543 g/mol. The summed E-state index contributed by atoms with van der Waals surface area (Å²) in [6.45, 7) is 0.126. The molecule has 5 rings (SSSR count). The number of aromatic carboxylic acids is 1. The van der Waals surface area contributed by atoms with Crippen molar-refractivity contribution in [3.63, 3.8) is 0 Å². The molecule has 202 valence electrons. The largest absolute Gasteiger partial charge is 0.493 e. The zero-order valence-electron chi connectivity index (χ0n) is 21.4. The van der Waals surface area contributed by atoms with Gasteiger partial charge in [0.2, 0.25) is 0 Å². The van der Waals surface area contributed by atoms with Gasteiger partial charge < -0.3 is 14.6 Å². The van der Waals surface area contributed by atoms with Crippen molar-refractivity contribution in [1.82, 2.24) is 4.98 Å². The van der Waals surface area contributed by atoms with Gasteiger partial charge in [-0.15, -0.1) is 0 Å². The molecule has 0 radical (unpaired) electrons. The quantitative estimate of drug-likeness (QED) is 0.216. The molecule has 0 aliphatic carbocycles. The van der Waals surface area contributed by atoms with Crippen LogP contribution in [0.4, 0.5) is 13.2 Å². The number of halogens is 3. The molecule has 8 heteroatoms. The third-order valence-electron chi connectivity index (χ3n) is 6.54. The predicted octanol–water partition coefficient (Wildman–Crippen LogP) is 7.80. The van der Waals surface area contributed by atoms with E-state index in [1.165, 1.54) is 37.6 Å². The van der Waals surface area contributed by atoms with Gasteiger partial charge in [-0.3, -0.25) is 4.98 Å². The summed E-state index contributed by atoms with van der Waals surface area (Å²) in [5.74, 6) is -0.435. The highest BCUT2D eigenvalue weighted by Crippen LogP contribution is 2.39. The van der Waals surface area contributed by atoms with Gasteiger partial charge in [0.25, 0.3) is 0 Å². The van der Waals surface area contributed by atoms with E-state index in [1.54, 1.807) is 6.07 Å². The number of para-hydroxylation sites is 1. The van der Waals surface area contributed by atoms with Crippen molar-refractivity contribution in [3.05, 3.63) is 125 Å². The van der Waals surface area contributed by atoms with Crippen molar-refractivity contribution >= 4 is 16.9 Å². The number of carboxylic acid groups (broad SMARTS) is 1. The van der Waals surface area contributed by atoms with Crippen LogP contribution in [0.5, 0.6) is 11.5 Å². The second kappa shape index (κ2) is 11.1. The number of carbonyl (C=O) groups is 1. The summed E-state index contributed by atoms with van der Waals surface area (Å²) >= 11 is 0. The minimum absolute atomic E-state index is 0.0694. The van der Waals surface area contributed by atoms with E-state index in [1.807, 2.05) is 54.6 Å². The van der Waals surface area contributed by atoms with Gasteiger partial charge in [-0.2, -0.15) is 13.2 Å². The maximum atomic E-state index is 13.9. The van der Waals surface area contributed by atoms with Gasteiger partial charge >= 0.3 is 12.1 Å². The Morgan fingerprint density at radius 1 is 0.875 bits per heavy atom. The minimum atomic E-state index is -4.55. The van der Waals surface area contributed by atoms with E-state index in [0.29, 0.717) is 23.1 Å². The third-order valence-corrected chi connectivity index (χ3v) is 6.54. The molecule has 0 spiro atoms. The Balaban J connectivity index is 1.56. The lowest BCUT2D eigenvalue weighted by atomic mass is 9.91. The number of rotatable bonds is 8. The first kappa shape index (κ1) is 26.7. The fraction of sp³-hybridized carbons (Fsp3) is 0.125. The Bertz CT molecular complexity index is 1680. The van der Waals surface area contributed by atoms with Gasteiger partial charge in [0.1, 0.15) is 6.61 Å². The molecular weight excluding hydrogens is 519 g/mol. The molecule has 0 atom stereocenters. The van der Waals surface area contributed by atoms with Gasteiger partial charge in [-0.05, 0) is 64.6 Å². The number of alkyl halides is 3. The van der Waals surface area contributed by atoms with E-state index < -0.39 is 17.7 Å². The summed E-state index contributed by atoms with van der Waals surface area (Å²) in [6, 6.07) is 25.5. The van der Waals surface area contributed by atoms with Crippen LogP contribution < -0.4 is 9.47 Å². The molecule has 0 fully saturated rings. The van der Waals surface area contributed by atoms with Crippen LogP contribution >= 0.6 is 0 Å². The van der Waals surface area contributed by atoms with Crippen molar-refractivity contribution in [2.45, 2.75) is 19.2 Å². The maximum Gasteiger partial charge on any atom is 0.418 e. The molecule has 0 amide bonds. The van der Waals surface area contributed by atoms with Crippen molar-refractivity contribution < 1.29 is 32.5 Å². The van der Waals surface area contributed by atoms with Gasteiger partial charge in [0.05, 0.1) is 23.8 Å². The van der Waals surface area contributed by atoms with Crippen LogP contribution in [0.2, 0.25) is 0 Å². The van der Waals surface area contributed by atoms with Gasteiger partial charge in [-0.1, -0.05) is 60.7 Å². The van der Waals surface area contributed by atoms with Gasteiger partial charge in [0, 0.05) is 11.6 Å². The highest BCUT2D eigenvalue weighted by Gasteiger charge is 2.33. The van der Waals surface area contributed by atoms with Crippen LogP contribution in [-0.4, -0.2) is 23.2 Å². The zero-order valence-corrected chi connectivity index (χ0v) is 21.4. The predicted molar refractivity (Wildman–Crippen MR) is 146 cm³/mol. The lowest BCUT2D eigenvalue weighted by Gasteiger charge is -2.17. The van der Waals surface area contributed by atoms with Gasteiger partial charge in [0.15, 0.2) is 11.5 Å². The van der Waals surface area contributed by atoms with E-state index in [0.717, 1.165) is 28.3 Å². The smallest absolute Gasteiger partial charge is 0.418 e. The standard InChI is InChI=1S/C32H24F3NO4/c1-39-28-17-23(31(37)38)13-14-27(28)40-19-21-9-5-10-22(16-21)29-24(15-20-7-3-2-4-8-20)18-36-30-25(29)11-6-12-26(30)32(33,34)35/h2-14,16-18H,15,19H2,1H3,(H,37,38). The second-order valence-corrected chi connectivity index (χ2v) is 9.18. The number of hydrogen-bond acceptors (Lipinski definition) is 4. The summed E-state index contributed by atoms with van der Waals surface area (Å²) in [4.78, 5) is 15.5. The van der Waals surface area contributed by atoms with Gasteiger partial charge in [-0.25, -0.2) is 4.79 Å². The minimum Gasteiger partial charge on any atom is -0.493 e. The molecular formula is C32H24F3NO4. The number of methoxy groups -OCH3 is 1. The number of ether oxygens (including phenoxy) is 2. The van der Waals surface area contributed by atoms with Crippen LogP contribution in [-0.2, 0) is 19.2 Å². The lowest BCUT2D eigenvalue weighted by molar-refractivity contribution is -0.136. The maximum absolute atomic E-state index is 13.9. The van der Waals surface area contributed by atoms with Crippen LogP contribution in [0.15, 0.2) is 97.2 Å². The van der Waals surface area contributed by atoms with Crippen molar-refractivity contribution in [3.8, 4) is 22.6 Å². The van der Waals surface area contributed by atoms with E-state index in [-0.39, 0.29) is 23.4 Å². The molecule has 0 saturated heterocycles. The van der Waals surface area contributed by atoms with E-state index >= 15 is 0 Å². The lowest BCUT2D eigenvalue weighted by Crippen LogP contribution is -2.07. The number of pyridine rings is 1. The summed E-state index contributed by atoms with van der Waals surface area (Å²) in [7, 11) is 1.42. The normalized spacial score (nSPS) is 11.4. The average molecular weight is 544 g/mol. The zero-order chi connectivity index (χ0) is 28.3. The van der Waals surface area contributed by atoms with Crippen LogP contribution in [0.3, 0.4) is 0 Å². The van der Waals surface area contributed by atoms with E-state index in [2.05, 4.69) is 4.98 Å². The molecule has 0 aliphatic heterocycles. The average Bonchev–Trinajstić information content (AvgIpc) is 2.95. The first-order chi connectivity index (χ1) is 19.2. The molecule has 0 unspecified atom stereocenters. The molecule has 5 nitrogen and oxygen atoms in total. The number of nitrogens with zero attached hydrogens (tertiary/aromatic N) is 1. The third kappa shape index (κ3) is 5.61. The summed E-state index contributed by atoms with van der Waals surface area (Å²) in [5.41, 5.74) is 3.15. The second-order valence-electron chi connectivity index (χ2n) is 9.18. The Morgan fingerprint density at radius 2 is 1.62 bits per heavy atom. The van der Waals surface area contributed by atoms with Crippen LogP contribution in [0, 0.1) is 0 Å². The van der Waals surface area contributed by atoms with E-state index in [9.17, 15) is 23.1 Å². The van der Waals surface area contributed by atoms with Crippen LogP contribution in [0.1, 0.15) is 32.6 Å². The first-order valence-electron chi connectivity index (χ1n) is 12.4. The number of aromatic nitrogens is 1. The Hall–Kier alpha value is -4.85. The summed E-state index contributed by atoms with van der Waals surface area (Å²) in [6.07, 6.45) is -2.53. The number of hydrogen-bond donors (Lipinski definition) is 1. The number of fused-ring (bicyclic) bond motifs is 1. The highest BCUT2D eigenvalue weighted by molar-refractivity contribution is 5.98. The molecule has 4 aromatic carbocycles. The molecule has 0 saturated carbocycles. The molecule has 1 heterocycles.